The Hall–Kier alpha value is -3.46. The number of carbonyl (C=O) groups excluding carboxylic acids is 1. The van der Waals surface area contributed by atoms with Crippen molar-refractivity contribution in [2.45, 2.75) is 63.9 Å². The van der Waals surface area contributed by atoms with Gasteiger partial charge >= 0.3 is 11.2 Å². The van der Waals surface area contributed by atoms with E-state index in [-0.39, 0.29) is 34.1 Å². The van der Waals surface area contributed by atoms with E-state index in [2.05, 4.69) is 20.1 Å². The van der Waals surface area contributed by atoms with Crippen molar-refractivity contribution in [1.29, 1.82) is 0 Å². The van der Waals surface area contributed by atoms with Crippen LogP contribution in [-0.2, 0) is 20.6 Å². The topological polar surface area (TPSA) is 131 Å². The summed E-state index contributed by atoms with van der Waals surface area (Å²) in [6.45, 7) is 9.61. The smallest absolute Gasteiger partial charge is 0.410 e. The molecule has 0 bridgehead atoms. The van der Waals surface area contributed by atoms with Gasteiger partial charge in [0.2, 0.25) is 5.88 Å². The van der Waals surface area contributed by atoms with Gasteiger partial charge in [0.15, 0.2) is 12.0 Å². The molecule has 3 aromatic heterocycles. The molecule has 5 heterocycles. The summed E-state index contributed by atoms with van der Waals surface area (Å²) in [5.41, 5.74) is 0.762. The standard InChI is InChI=1S/C30H35ClFN7O5S/c1-17-14-18-24(35-28(45(5)41)36-26(18)37-9-11-38(12-10-37)29(40)44-30(2,3)4)27(34-17)43-25-19-16-33-39(22-8-6-7-13-42-22)21(19)15-20(32)23(25)31/h14-16,22H,6-13H2,1-5H3. The SMILES string of the molecule is Cc1cc2c(N3CCN(C(=O)OC(C)(C)C)CC3)nc([S+](C)[O-])nc2c(Oc2c(Cl)c(F)cc3c2cnn3C2CCCCO2)n1. The van der Waals surface area contributed by atoms with Gasteiger partial charge < -0.3 is 28.6 Å². The molecule has 2 fully saturated rings. The molecule has 240 valence electrons. The van der Waals surface area contributed by atoms with Crippen molar-refractivity contribution < 1.29 is 27.9 Å². The molecule has 1 amide bonds. The summed E-state index contributed by atoms with van der Waals surface area (Å²) in [5, 5.41) is 5.44. The first kappa shape index (κ1) is 31.5. The van der Waals surface area contributed by atoms with Crippen LogP contribution in [0.4, 0.5) is 15.0 Å². The van der Waals surface area contributed by atoms with Gasteiger partial charge in [0.05, 0.1) is 22.5 Å². The number of anilines is 1. The zero-order valence-electron chi connectivity index (χ0n) is 25.8. The highest BCUT2D eigenvalue weighted by atomic mass is 35.5. The van der Waals surface area contributed by atoms with Crippen LogP contribution in [0.1, 0.15) is 52.0 Å². The minimum absolute atomic E-state index is 0.0402. The number of piperazine rings is 1. The third-order valence-corrected chi connectivity index (χ3v) is 8.65. The lowest BCUT2D eigenvalue weighted by Gasteiger charge is -2.36. The summed E-state index contributed by atoms with van der Waals surface area (Å²) >= 11 is 4.95. The molecule has 2 aliphatic rings. The molecule has 1 aromatic carbocycles. The van der Waals surface area contributed by atoms with Crippen LogP contribution in [0.2, 0.25) is 5.02 Å². The fourth-order valence-electron chi connectivity index (χ4n) is 5.50. The lowest BCUT2D eigenvalue weighted by Crippen LogP contribution is -2.50. The zero-order chi connectivity index (χ0) is 32.0. The molecule has 0 radical (unpaired) electrons. The first-order valence-electron chi connectivity index (χ1n) is 14.8. The summed E-state index contributed by atoms with van der Waals surface area (Å²) in [4.78, 5) is 30.1. The number of nitrogens with zero attached hydrogens (tertiary/aromatic N) is 7. The number of benzene rings is 1. The quantitative estimate of drug-likeness (QED) is 0.192. The van der Waals surface area contributed by atoms with E-state index in [0.717, 1.165) is 19.3 Å². The molecular formula is C30H35ClFN7O5S. The number of carbonyl (C=O) groups is 1. The minimum atomic E-state index is -1.55. The number of ether oxygens (including phenoxy) is 3. The molecule has 4 aromatic rings. The third-order valence-electron chi connectivity index (χ3n) is 7.61. The first-order valence-corrected chi connectivity index (χ1v) is 16.7. The number of aromatic nitrogens is 5. The number of halogens is 2. The van der Waals surface area contributed by atoms with E-state index in [9.17, 15) is 9.35 Å². The van der Waals surface area contributed by atoms with Crippen molar-refractivity contribution in [3.05, 3.63) is 34.9 Å². The predicted molar refractivity (Wildman–Crippen MR) is 168 cm³/mol. The van der Waals surface area contributed by atoms with Gasteiger partial charge in [0, 0.05) is 55.7 Å². The number of rotatable bonds is 5. The molecule has 2 atom stereocenters. The van der Waals surface area contributed by atoms with Crippen molar-refractivity contribution in [1.82, 2.24) is 29.6 Å². The second kappa shape index (κ2) is 12.4. The molecule has 15 heteroatoms. The highest BCUT2D eigenvalue weighted by molar-refractivity contribution is 7.90. The van der Waals surface area contributed by atoms with Gasteiger partial charge in [-0.05, 0) is 53.0 Å². The number of aryl methyl sites for hydroxylation is 1. The average Bonchev–Trinajstić information content (AvgIpc) is 3.42. The van der Waals surface area contributed by atoms with E-state index in [4.69, 9.17) is 25.8 Å². The second-order valence-electron chi connectivity index (χ2n) is 12.2. The number of amides is 1. The molecule has 0 N–H and O–H groups in total. The van der Waals surface area contributed by atoms with E-state index in [0.29, 0.717) is 66.1 Å². The number of hydrogen-bond donors (Lipinski definition) is 0. The van der Waals surface area contributed by atoms with Crippen molar-refractivity contribution in [3.63, 3.8) is 0 Å². The fourth-order valence-corrected chi connectivity index (χ4v) is 6.13. The summed E-state index contributed by atoms with van der Waals surface area (Å²) in [6, 6.07) is 3.15. The molecule has 2 aliphatic heterocycles. The molecule has 45 heavy (non-hydrogen) atoms. The van der Waals surface area contributed by atoms with E-state index in [1.165, 1.54) is 12.3 Å². The number of pyridine rings is 1. The second-order valence-corrected chi connectivity index (χ2v) is 13.8. The van der Waals surface area contributed by atoms with Gasteiger partial charge in [0.1, 0.15) is 34.0 Å². The van der Waals surface area contributed by atoms with Crippen molar-refractivity contribution in [2.75, 3.05) is 43.9 Å². The van der Waals surface area contributed by atoms with Crippen LogP contribution in [0.25, 0.3) is 21.8 Å². The largest absolute Gasteiger partial charge is 0.609 e. The highest BCUT2D eigenvalue weighted by Gasteiger charge is 2.30. The van der Waals surface area contributed by atoms with Gasteiger partial charge in [0.25, 0.3) is 0 Å². The summed E-state index contributed by atoms with van der Waals surface area (Å²) < 4.78 is 47.4. The van der Waals surface area contributed by atoms with Crippen LogP contribution in [0.5, 0.6) is 11.6 Å². The van der Waals surface area contributed by atoms with Gasteiger partial charge in [-0.1, -0.05) is 11.6 Å². The normalized spacial score (nSPS) is 18.4. The van der Waals surface area contributed by atoms with Crippen molar-refractivity contribution in [3.8, 4) is 11.6 Å². The predicted octanol–water partition coefficient (Wildman–Crippen LogP) is 5.76. The maximum absolute atomic E-state index is 15.3. The number of hydrogen-bond acceptors (Lipinski definition) is 10. The van der Waals surface area contributed by atoms with Crippen LogP contribution in [0.15, 0.2) is 23.5 Å². The molecule has 12 nitrogen and oxygen atoms in total. The summed E-state index contributed by atoms with van der Waals surface area (Å²) in [6.07, 6.45) is 5.05. The van der Waals surface area contributed by atoms with Gasteiger partial charge in [-0.15, -0.1) is 0 Å². The summed E-state index contributed by atoms with van der Waals surface area (Å²) in [7, 11) is 0. The van der Waals surface area contributed by atoms with Crippen LogP contribution >= 0.6 is 11.6 Å². The van der Waals surface area contributed by atoms with Crippen LogP contribution in [0, 0.1) is 12.7 Å². The Morgan fingerprint density at radius 1 is 1.13 bits per heavy atom. The van der Waals surface area contributed by atoms with E-state index < -0.39 is 22.6 Å². The Morgan fingerprint density at radius 3 is 2.56 bits per heavy atom. The molecule has 0 aliphatic carbocycles. The molecule has 6 rings (SSSR count). The molecule has 0 saturated carbocycles. The first-order chi connectivity index (χ1) is 21.4. The molecule has 0 spiro atoms. The van der Waals surface area contributed by atoms with Gasteiger partial charge in [-0.2, -0.15) is 15.1 Å². The third kappa shape index (κ3) is 6.46. The molecule has 2 unspecified atom stereocenters. The van der Waals surface area contributed by atoms with Gasteiger partial charge in [-0.25, -0.2) is 18.9 Å². The lowest BCUT2D eigenvalue weighted by atomic mass is 10.2. The number of fused-ring (bicyclic) bond motifs is 2. The average molecular weight is 660 g/mol. The van der Waals surface area contributed by atoms with Crippen molar-refractivity contribution in [2.24, 2.45) is 0 Å². The van der Waals surface area contributed by atoms with E-state index in [1.807, 2.05) is 31.7 Å². The fraction of sp³-hybridized carbons (Fsp3) is 0.500. The van der Waals surface area contributed by atoms with E-state index >= 15 is 4.39 Å². The highest BCUT2D eigenvalue weighted by Crippen LogP contribution is 2.42. The van der Waals surface area contributed by atoms with E-state index in [1.54, 1.807) is 22.7 Å². The monoisotopic (exact) mass is 659 g/mol. The Kier molecular flexibility index (Phi) is 8.67. The maximum atomic E-state index is 15.3. The summed E-state index contributed by atoms with van der Waals surface area (Å²) in [5.74, 6) is -0.0500. The lowest BCUT2D eigenvalue weighted by molar-refractivity contribution is -0.0366. The molecule has 2 saturated heterocycles. The van der Waals surface area contributed by atoms with Crippen LogP contribution in [0.3, 0.4) is 0 Å². The molecular weight excluding hydrogens is 625 g/mol. The van der Waals surface area contributed by atoms with Crippen LogP contribution in [-0.4, -0.2) is 84.9 Å². The Morgan fingerprint density at radius 2 is 1.89 bits per heavy atom. The Labute approximate surface area is 268 Å². The van der Waals surface area contributed by atoms with Crippen LogP contribution < -0.4 is 9.64 Å². The van der Waals surface area contributed by atoms with Gasteiger partial charge in [-0.3, -0.25) is 0 Å². The van der Waals surface area contributed by atoms with Crippen molar-refractivity contribution >= 4 is 56.5 Å². The Balaban J connectivity index is 1.39. The Bertz CT molecular complexity index is 1750. The minimum Gasteiger partial charge on any atom is -0.609 e. The maximum Gasteiger partial charge on any atom is 0.410 e. The zero-order valence-corrected chi connectivity index (χ0v) is 27.4.